The smallest absolute Gasteiger partial charge is 0.240 e. The first-order chi connectivity index (χ1) is 7.29. The van der Waals surface area contributed by atoms with Gasteiger partial charge in [-0.1, -0.05) is 0 Å². The third-order valence-electron chi connectivity index (χ3n) is 2.56. The van der Waals surface area contributed by atoms with E-state index in [1.54, 1.807) is 0 Å². The Hall–Kier alpha value is -0.650. The van der Waals surface area contributed by atoms with E-state index in [1.807, 2.05) is 20.9 Å². The first kappa shape index (κ1) is 15.3. The van der Waals surface area contributed by atoms with Gasteiger partial charge in [-0.25, -0.2) is 5.84 Å². The average molecular weight is 230 g/mol. The summed E-state index contributed by atoms with van der Waals surface area (Å²) in [5, 5.41) is 0. The van der Waals surface area contributed by atoms with Crippen molar-refractivity contribution in [1.82, 2.24) is 15.2 Å². The van der Waals surface area contributed by atoms with Gasteiger partial charge >= 0.3 is 0 Å². The van der Waals surface area contributed by atoms with Crippen LogP contribution >= 0.6 is 0 Å². The van der Waals surface area contributed by atoms with E-state index in [0.29, 0.717) is 6.54 Å². The summed E-state index contributed by atoms with van der Waals surface area (Å²) in [5.74, 6) is 5.03. The molecule has 0 bridgehead atoms. The summed E-state index contributed by atoms with van der Waals surface area (Å²) in [4.78, 5) is 15.8. The van der Waals surface area contributed by atoms with Gasteiger partial charge in [-0.15, -0.1) is 0 Å². The topological polar surface area (TPSA) is 61.6 Å². The van der Waals surface area contributed by atoms with Gasteiger partial charge in [0.1, 0.15) is 0 Å². The maximum atomic E-state index is 11.5. The van der Waals surface area contributed by atoms with Crippen LogP contribution in [0, 0.1) is 5.41 Å². The van der Waals surface area contributed by atoms with Crippen LogP contribution in [-0.2, 0) is 4.79 Å². The zero-order valence-electron chi connectivity index (χ0n) is 11.2. The number of rotatable bonds is 7. The van der Waals surface area contributed by atoms with Gasteiger partial charge in [-0.2, -0.15) is 0 Å². The number of carbonyl (C=O) groups is 1. The molecule has 0 aliphatic rings. The molecular formula is C11H26N4O. The molecule has 5 nitrogen and oxygen atoms in total. The van der Waals surface area contributed by atoms with Crippen molar-refractivity contribution in [3.8, 4) is 0 Å². The molecule has 0 fully saturated rings. The molecule has 3 N–H and O–H groups in total. The highest BCUT2D eigenvalue weighted by atomic mass is 16.2. The Labute approximate surface area is 98.9 Å². The van der Waals surface area contributed by atoms with Gasteiger partial charge in [0.2, 0.25) is 5.91 Å². The molecule has 0 aliphatic carbocycles. The van der Waals surface area contributed by atoms with E-state index in [9.17, 15) is 4.79 Å². The van der Waals surface area contributed by atoms with Crippen LogP contribution in [0.2, 0.25) is 0 Å². The molecule has 0 saturated carbocycles. The quantitative estimate of drug-likeness (QED) is 0.364. The van der Waals surface area contributed by atoms with Gasteiger partial charge < -0.3 is 9.80 Å². The number of nitrogens with zero attached hydrogens (tertiary/aromatic N) is 2. The average Bonchev–Trinajstić information content (AvgIpc) is 2.14. The largest absolute Gasteiger partial charge is 0.309 e. The van der Waals surface area contributed by atoms with Gasteiger partial charge in [-0.05, 0) is 54.5 Å². The summed E-state index contributed by atoms with van der Waals surface area (Å²) in [6.45, 7) is 6.56. The van der Waals surface area contributed by atoms with Crippen molar-refractivity contribution in [3.05, 3.63) is 0 Å². The van der Waals surface area contributed by atoms with Crippen LogP contribution in [0.3, 0.4) is 0 Å². The van der Waals surface area contributed by atoms with Crippen LogP contribution in [0.15, 0.2) is 0 Å². The van der Waals surface area contributed by atoms with Gasteiger partial charge in [-0.3, -0.25) is 10.2 Å². The highest BCUT2D eigenvalue weighted by molar-refractivity contribution is 5.81. The Morgan fingerprint density at radius 3 is 2.25 bits per heavy atom. The molecule has 0 saturated heterocycles. The van der Waals surface area contributed by atoms with Crippen molar-refractivity contribution in [2.75, 3.05) is 40.8 Å². The van der Waals surface area contributed by atoms with Crippen molar-refractivity contribution in [1.29, 1.82) is 0 Å². The standard InChI is InChI=1S/C11H26N4O/c1-11(2,10(16)13-12)9-15(5)8-6-7-14(3)4/h6-9,12H2,1-5H3,(H,13,16). The molecule has 0 spiro atoms. The fraction of sp³-hybridized carbons (Fsp3) is 0.909. The van der Waals surface area contributed by atoms with Crippen LogP contribution in [0.4, 0.5) is 0 Å². The maximum Gasteiger partial charge on any atom is 0.240 e. The Bertz CT molecular complexity index is 216. The third kappa shape index (κ3) is 6.05. The van der Waals surface area contributed by atoms with Crippen molar-refractivity contribution in [2.45, 2.75) is 20.3 Å². The first-order valence-electron chi connectivity index (χ1n) is 5.64. The summed E-state index contributed by atoms with van der Waals surface area (Å²) in [7, 11) is 6.15. The van der Waals surface area contributed by atoms with Crippen LogP contribution in [0.1, 0.15) is 20.3 Å². The zero-order valence-corrected chi connectivity index (χ0v) is 11.2. The summed E-state index contributed by atoms with van der Waals surface area (Å²) in [6, 6.07) is 0. The number of nitrogens with one attached hydrogen (secondary N) is 1. The fourth-order valence-corrected chi connectivity index (χ4v) is 1.68. The summed E-state index contributed by atoms with van der Waals surface area (Å²) < 4.78 is 0. The normalized spacial score (nSPS) is 12.2. The van der Waals surface area contributed by atoms with E-state index < -0.39 is 5.41 Å². The van der Waals surface area contributed by atoms with Gasteiger partial charge in [0.25, 0.3) is 0 Å². The monoisotopic (exact) mass is 230 g/mol. The van der Waals surface area contributed by atoms with Crippen molar-refractivity contribution < 1.29 is 4.79 Å². The van der Waals surface area contributed by atoms with E-state index in [2.05, 4.69) is 29.3 Å². The van der Waals surface area contributed by atoms with E-state index in [4.69, 9.17) is 5.84 Å². The Morgan fingerprint density at radius 2 is 1.81 bits per heavy atom. The second-order valence-electron chi connectivity index (χ2n) is 5.25. The fourth-order valence-electron chi connectivity index (χ4n) is 1.68. The molecule has 0 aliphatic heterocycles. The number of hydrogen-bond acceptors (Lipinski definition) is 4. The molecule has 0 rings (SSSR count). The van der Waals surface area contributed by atoms with Crippen molar-refractivity contribution >= 4 is 5.91 Å². The highest BCUT2D eigenvalue weighted by Crippen LogP contribution is 2.16. The van der Waals surface area contributed by atoms with Gasteiger partial charge in [0.15, 0.2) is 0 Å². The molecule has 0 unspecified atom stereocenters. The minimum Gasteiger partial charge on any atom is -0.309 e. The molecule has 0 aromatic rings. The SMILES string of the molecule is CN(C)CCCN(C)CC(C)(C)C(=O)NN. The summed E-state index contributed by atoms with van der Waals surface area (Å²) in [6.07, 6.45) is 1.10. The molecule has 0 aromatic carbocycles. The number of hydrazine groups is 1. The molecular weight excluding hydrogens is 204 g/mol. The molecule has 16 heavy (non-hydrogen) atoms. The minimum atomic E-state index is -0.443. The van der Waals surface area contributed by atoms with E-state index >= 15 is 0 Å². The zero-order chi connectivity index (χ0) is 12.8. The molecule has 0 atom stereocenters. The molecule has 5 heteroatoms. The number of amides is 1. The number of nitrogens with two attached hydrogens (primary N) is 1. The predicted molar refractivity (Wildman–Crippen MR) is 66.8 cm³/mol. The number of hydrogen-bond donors (Lipinski definition) is 2. The molecule has 96 valence electrons. The second kappa shape index (κ2) is 6.83. The number of carbonyl (C=O) groups excluding carboxylic acids is 1. The van der Waals surface area contributed by atoms with E-state index in [-0.39, 0.29) is 5.91 Å². The van der Waals surface area contributed by atoms with Crippen LogP contribution < -0.4 is 11.3 Å². The van der Waals surface area contributed by atoms with Crippen LogP contribution in [-0.4, -0.2) is 56.5 Å². The minimum absolute atomic E-state index is 0.119. The van der Waals surface area contributed by atoms with Gasteiger partial charge in [0.05, 0.1) is 5.41 Å². The third-order valence-corrected chi connectivity index (χ3v) is 2.56. The molecule has 0 heterocycles. The Kier molecular flexibility index (Phi) is 6.55. The van der Waals surface area contributed by atoms with Crippen LogP contribution in [0.5, 0.6) is 0 Å². The molecule has 0 radical (unpaired) electrons. The lowest BCUT2D eigenvalue weighted by atomic mass is 9.92. The first-order valence-corrected chi connectivity index (χ1v) is 5.64. The molecule has 1 amide bonds. The predicted octanol–water partition coefficient (Wildman–Crippen LogP) is -0.114. The van der Waals surface area contributed by atoms with E-state index in [1.165, 1.54) is 0 Å². The Balaban J connectivity index is 3.94. The van der Waals surface area contributed by atoms with Crippen molar-refractivity contribution in [3.63, 3.8) is 0 Å². The lowest BCUT2D eigenvalue weighted by Gasteiger charge is -2.28. The molecule has 0 aromatic heterocycles. The summed E-state index contributed by atoms with van der Waals surface area (Å²) in [5.41, 5.74) is 1.77. The van der Waals surface area contributed by atoms with E-state index in [0.717, 1.165) is 19.5 Å². The van der Waals surface area contributed by atoms with Crippen LogP contribution in [0.25, 0.3) is 0 Å². The lowest BCUT2D eigenvalue weighted by molar-refractivity contribution is -0.130. The summed E-state index contributed by atoms with van der Waals surface area (Å²) >= 11 is 0. The Morgan fingerprint density at radius 1 is 1.25 bits per heavy atom. The second-order valence-corrected chi connectivity index (χ2v) is 5.25. The van der Waals surface area contributed by atoms with Gasteiger partial charge in [0, 0.05) is 6.54 Å². The van der Waals surface area contributed by atoms with Crippen molar-refractivity contribution in [2.24, 2.45) is 11.3 Å². The lowest BCUT2D eigenvalue weighted by Crippen LogP contribution is -2.46. The maximum absolute atomic E-state index is 11.5. The highest BCUT2D eigenvalue weighted by Gasteiger charge is 2.28.